The Morgan fingerprint density at radius 1 is 1.39 bits per heavy atom. The van der Waals surface area contributed by atoms with Crippen LogP contribution in [0.3, 0.4) is 0 Å². The predicted octanol–water partition coefficient (Wildman–Crippen LogP) is 4.72. The predicted molar refractivity (Wildman–Crippen MR) is 76.5 cm³/mol. The van der Waals surface area contributed by atoms with Crippen LogP contribution in [0.1, 0.15) is 35.7 Å². The first-order valence-electron chi connectivity index (χ1n) is 5.97. The van der Waals surface area contributed by atoms with Gasteiger partial charge in [0.2, 0.25) is 0 Å². The molecule has 0 N–H and O–H groups in total. The van der Waals surface area contributed by atoms with Crippen molar-refractivity contribution in [1.82, 2.24) is 4.98 Å². The van der Waals surface area contributed by atoms with Gasteiger partial charge in [-0.25, -0.2) is 4.98 Å². The highest BCUT2D eigenvalue weighted by Gasteiger charge is 2.16. The van der Waals surface area contributed by atoms with E-state index in [2.05, 4.69) is 11.9 Å². The highest BCUT2D eigenvalue weighted by atomic mass is 35.5. The third kappa shape index (κ3) is 3.03. The van der Waals surface area contributed by atoms with Crippen molar-refractivity contribution in [3.8, 4) is 5.75 Å². The molecule has 0 saturated heterocycles. The van der Waals surface area contributed by atoms with Crippen molar-refractivity contribution in [2.24, 2.45) is 0 Å². The summed E-state index contributed by atoms with van der Waals surface area (Å²) in [5.41, 5.74) is 2.06. The molecule has 4 heteroatoms. The van der Waals surface area contributed by atoms with E-state index in [1.807, 2.05) is 36.6 Å². The molecule has 0 saturated carbocycles. The molecule has 0 aliphatic rings. The summed E-state index contributed by atoms with van der Waals surface area (Å²) in [5.74, 6) is 1.38. The van der Waals surface area contributed by atoms with E-state index in [0.29, 0.717) is 5.88 Å². The molecular weight excluding hydrogens is 266 g/mol. The Bertz CT molecular complexity index is 512. The fourth-order valence-corrected chi connectivity index (χ4v) is 2.84. The SMILES string of the molecule is CCC(Oc1ccccc1C)c1nc(CCl)cs1. The second-order valence-electron chi connectivity index (χ2n) is 4.09. The number of para-hydroxylation sites is 1. The van der Waals surface area contributed by atoms with Crippen LogP contribution in [0.2, 0.25) is 0 Å². The lowest BCUT2D eigenvalue weighted by molar-refractivity contribution is 0.199. The van der Waals surface area contributed by atoms with Crippen molar-refractivity contribution >= 4 is 22.9 Å². The van der Waals surface area contributed by atoms with Gasteiger partial charge >= 0.3 is 0 Å². The Balaban J connectivity index is 2.17. The van der Waals surface area contributed by atoms with Gasteiger partial charge in [-0.3, -0.25) is 0 Å². The maximum absolute atomic E-state index is 6.04. The van der Waals surface area contributed by atoms with Crippen LogP contribution in [0.25, 0.3) is 0 Å². The smallest absolute Gasteiger partial charge is 0.150 e. The van der Waals surface area contributed by atoms with Gasteiger partial charge in [0, 0.05) is 5.38 Å². The molecule has 0 aliphatic heterocycles. The monoisotopic (exact) mass is 281 g/mol. The summed E-state index contributed by atoms with van der Waals surface area (Å²) in [7, 11) is 0. The van der Waals surface area contributed by atoms with E-state index in [4.69, 9.17) is 16.3 Å². The largest absolute Gasteiger partial charge is 0.483 e. The number of aromatic nitrogens is 1. The zero-order valence-electron chi connectivity index (χ0n) is 10.5. The topological polar surface area (TPSA) is 22.1 Å². The van der Waals surface area contributed by atoms with Gasteiger partial charge in [0.05, 0.1) is 11.6 Å². The first-order chi connectivity index (χ1) is 8.74. The second kappa shape index (κ2) is 6.21. The normalized spacial score (nSPS) is 12.4. The molecule has 0 bridgehead atoms. The maximum atomic E-state index is 6.04. The summed E-state index contributed by atoms with van der Waals surface area (Å²) >= 11 is 7.39. The summed E-state index contributed by atoms with van der Waals surface area (Å²) in [6, 6.07) is 8.04. The van der Waals surface area contributed by atoms with Crippen molar-refractivity contribution in [2.75, 3.05) is 0 Å². The molecular formula is C14H16ClNOS. The van der Waals surface area contributed by atoms with E-state index in [9.17, 15) is 0 Å². The van der Waals surface area contributed by atoms with Crippen LogP contribution in [0, 0.1) is 6.92 Å². The first-order valence-corrected chi connectivity index (χ1v) is 7.38. The van der Waals surface area contributed by atoms with Gasteiger partial charge in [-0.15, -0.1) is 22.9 Å². The van der Waals surface area contributed by atoms with Gasteiger partial charge in [0.1, 0.15) is 16.9 Å². The number of ether oxygens (including phenoxy) is 1. The minimum absolute atomic E-state index is 0.00747. The van der Waals surface area contributed by atoms with E-state index < -0.39 is 0 Å². The number of benzene rings is 1. The van der Waals surface area contributed by atoms with Crippen LogP contribution in [-0.2, 0) is 5.88 Å². The fourth-order valence-electron chi connectivity index (χ4n) is 1.68. The Hall–Kier alpha value is -1.06. The Morgan fingerprint density at radius 2 is 2.17 bits per heavy atom. The summed E-state index contributed by atoms with van der Waals surface area (Å²) in [5, 5.41) is 2.99. The van der Waals surface area contributed by atoms with Crippen LogP contribution in [0.5, 0.6) is 5.75 Å². The van der Waals surface area contributed by atoms with E-state index >= 15 is 0 Å². The molecule has 2 rings (SSSR count). The van der Waals surface area contributed by atoms with Crippen molar-refractivity contribution < 1.29 is 4.74 Å². The van der Waals surface area contributed by atoms with Crippen molar-refractivity contribution in [3.63, 3.8) is 0 Å². The average molecular weight is 282 g/mol. The molecule has 0 aliphatic carbocycles. The number of hydrogen-bond donors (Lipinski definition) is 0. The third-order valence-corrected chi connectivity index (χ3v) is 3.97. The van der Waals surface area contributed by atoms with E-state index in [1.165, 1.54) is 0 Å². The molecule has 1 atom stereocenters. The van der Waals surface area contributed by atoms with E-state index in [0.717, 1.165) is 28.4 Å². The number of thiazole rings is 1. The Kier molecular flexibility index (Phi) is 4.61. The summed E-state index contributed by atoms with van der Waals surface area (Å²) < 4.78 is 6.04. The molecule has 2 aromatic rings. The lowest BCUT2D eigenvalue weighted by Crippen LogP contribution is -2.07. The number of alkyl halides is 1. The molecule has 0 radical (unpaired) electrons. The third-order valence-electron chi connectivity index (χ3n) is 2.72. The molecule has 1 heterocycles. The lowest BCUT2D eigenvalue weighted by Gasteiger charge is -2.16. The molecule has 0 amide bonds. The van der Waals surface area contributed by atoms with Gasteiger partial charge in [-0.2, -0.15) is 0 Å². The molecule has 96 valence electrons. The van der Waals surface area contributed by atoms with Crippen molar-refractivity contribution in [2.45, 2.75) is 32.3 Å². The molecule has 0 fully saturated rings. The quantitative estimate of drug-likeness (QED) is 0.740. The average Bonchev–Trinajstić information content (AvgIpc) is 2.86. The Labute approximate surface area is 117 Å². The molecule has 1 unspecified atom stereocenters. The van der Waals surface area contributed by atoms with Crippen LogP contribution in [0.15, 0.2) is 29.6 Å². The lowest BCUT2D eigenvalue weighted by atomic mass is 10.2. The van der Waals surface area contributed by atoms with Gasteiger partial charge in [-0.1, -0.05) is 25.1 Å². The highest BCUT2D eigenvalue weighted by molar-refractivity contribution is 7.09. The second-order valence-corrected chi connectivity index (χ2v) is 5.25. The van der Waals surface area contributed by atoms with Gasteiger partial charge in [-0.05, 0) is 25.0 Å². The number of halogens is 1. The maximum Gasteiger partial charge on any atom is 0.150 e. The van der Waals surface area contributed by atoms with E-state index in [-0.39, 0.29) is 6.10 Å². The van der Waals surface area contributed by atoms with Crippen molar-refractivity contribution in [3.05, 3.63) is 45.9 Å². The Morgan fingerprint density at radius 3 is 2.78 bits per heavy atom. The van der Waals surface area contributed by atoms with Gasteiger partial charge in [0.25, 0.3) is 0 Å². The summed E-state index contributed by atoms with van der Waals surface area (Å²) in [6.45, 7) is 4.15. The van der Waals surface area contributed by atoms with Crippen LogP contribution in [0.4, 0.5) is 0 Å². The number of aryl methyl sites for hydroxylation is 1. The standard InChI is InChI=1S/C14H16ClNOS/c1-3-12(14-16-11(8-15)9-18-14)17-13-7-5-4-6-10(13)2/h4-7,9,12H,3,8H2,1-2H3. The fraction of sp³-hybridized carbons (Fsp3) is 0.357. The summed E-state index contributed by atoms with van der Waals surface area (Å²) in [6.07, 6.45) is 0.900. The van der Waals surface area contributed by atoms with Crippen LogP contribution < -0.4 is 4.74 Å². The minimum atomic E-state index is 0.00747. The highest BCUT2D eigenvalue weighted by Crippen LogP contribution is 2.29. The number of nitrogens with zero attached hydrogens (tertiary/aromatic N) is 1. The minimum Gasteiger partial charge on any atom is -0.483 e. The molecule has 2 nitrogen and oxygen atoms in total. The number of rotatable bonds is 5. The molecule has 18 heavy (non-hydrogen) atoms. The first kappa shape index (κ1) is 13.4. The zero-order valence-corrected chi connectivity index (χ0v) is 12.1. The zero-order chi connectivity index (χ0) is 13.0. The molecule has 0 spiro atoms. The summed E-state index contributed by atoms with van der Waals surface area (Å²) in [4.78, 5) is 4.49. The molecule has 1 aromatic carbocycles. The molecule has 1 aromatic heterocycles. The van der Waals surface area contributed by atoms with E-state index in [1.54, 1.807) is 11.3 Å². The van der Waals surface area contributed by atoms with Gasteiger partial charge < -0.3 is 4.74 Å². The van der Waals surface area contributed by atoms with Crippen LogP contribution >= 0.6 is 22.9 Å². The van der Waals surface area contributed by atoms with Gasteiger partial charge in [0.15, 0.2) is 0 Å². The van der Waals surface area contributed by atoms with Crippen LogP contribution in [-0.4, -0.2) is 4.98 Å². The number of hydrogen-bond acceptors (Lipinski definition) is 3. The van der Waals surface area contributed by atoms with Crippen molar-refractivity contribution in [1.29, 1.82) is 0 Å².